The van der Waals surface area contributed by atoms with Crippen LogP contribution in [0.25, 0.3) is 0 Å². The van der Waals surface area contributed by atoms with Gasteiger partial charge in [-0.25, -0.2) is 0 Å². The summed E-state index contributed by atoms with van der Waals surface area (Å²) < 4.78 is 0. The van der Waals surface area contributed by atoms with Crippen LogP contribution in [0.3, 0.4) is 0 Å². The number of hydrogen-bond donors (Lipinski definition) is 1. The third-order valence-electron chi connectivity index (χ3n) is 3.38. The molecule has 0 spiro atoms. The lowest BCUT2D eigenvalue weighted by Crippen LogP contribution is -2.16. The van der Waals surface area contributed by atoms with Gasteiger partial charge in [-0.15, -0.1) is 0 Å². The summed E-state index contributed by atoms with van der Waals surface area (Å²) in [6, 6.07) is 0.873. The third kappa shape index (κ3) is 3.83. The largest absolute Gasteiger partial charge is 0.314 e. The Hall–Kier alpha value is -0.300. The van der Waals surface area contributed by atoms with Gasteiger partial charge in [-0.1, -0.05) is 31.4 Å². The highest BCUT2D eigenvalue weighted by Gasteiger charge is 2.19. The molecule has 1 N–H and O–H groups in total. The highest BCUT2D eigenvalue weighted by atomic mass is 14.9. The van der Waals surface area contributed by atoms with Gasteiger partial charge in [0.25, 0.3) is 0 Å². The topological polar surface area (TPSA) is 12.0 Å². The van der Waals surface area contributed by atoms with Crippen LogP contribution < -0.4 is 5.32 Å². The lowest BCUT2D eigenvalue weighted by molar-refractivity contribution is 0.418. The van der Waals surface area contributed by atoms with E-state index in [4.69, 9.17) is 0 Å². The van der Waals surface area contributed by atoms with Crippen molar-refractivity contribution in [3.63, 3.8) is 0 Å². The molecule has 0 saturated heterocycles. The maximum atomic E-state index is 3.54. The first-order valence-electron chi connectivity index (χ1n) is 6.35. The van der Waals surface area contributed by atoms with Gasteiger partial charge in [0.1, 0.15) is 0 Å². The molecule has 0 bridgehead atoms. The number of allylic oxidation sites excluding steroid dienone is 1. The van der Waals surface area contributed by atoms with Gasteiger partial charge in [-0.05, 0) is 44.6 Å². The van der Waals surface area contributed by atoms with Crippen molar-refractivity contribution in [2.75, 3.05) is 6.54 Å². The second-order valence-electron chi connectivity index (χ2n) is 4.84. The zero-order valence-corrected chi connectivity index (χ0v) is 9.17. The molecule has 0 unspecified atom stereocenters. The summed E-state index contributed by atoms with van der Waals surface area (Å²) in [5, 5.41) is 3.54. The van der Waals surface area contributed by atoms with Gasteiger partial charge in [0.2, 0.25) is 0 Å². The van der Waals surface area contributed by atoms with Crippen LogP contribution in [-0.2, 0) is 0 Å². The Morgan fingerprint density at radius 3 is 2.50 bits per heavy atom. The van der Waals surface area contributed by atoms with Crippen LogP contribution in [0, 0.1) is 5.92 Å². The Balaban J connectivity index is 1.51. The van der Waals surface area contributed by atoms with E-state index in [1.165, 1.54) is 57.9 Å². The van der Waals surface area contributed by atoms with Gasteiger partial charge in [-0.2, -0.15) is 0 Å². The van der Waals surface area contributed by atoms with Crippen LogP contribution in [0.5, 0.6) is 0 Å². The van der Waals surface area contributed by atoms with Crippen LogP contribution in [0.1, 0.15) is 51.4 Å². The molecule has 0 aromatic carbocycles. The van der Waals surface area contributed by atoms with Crippen molar-refractivity contribution in [1.29, 1.82) is 0 Å². The Morgan fingerprint density at radius 1 is 1.00 bits per heavy atom. The van der Waals surface area contributed by atoms with E-state index < -0.39 is 0 Å². The first kappa shape index (κ1) is 10.2. The first-order chi connectivity index (χ1) is 6.95. The van der Waals surface area contributed by atoms with E-state index in [1.54, 1.807) is 0 Å². The monoisotopic (exact) mass is 193 g/mol. The molecule has 2 rings (SSSR count). The predicted molar refractivity (Wildman–Crippen MR) is 61.4 cm³/mol. The molecule has 0 atom stereocenters. The van der Waals surface area contributed by atoms with Gasteiger partial charge < -0.3 is 5.32 Å². The van der Waals surface area contributed by atoms with E-state index in [2.05, 4.69) is 17.5 Å². The zero-order chi connectivity index (χ0) is 9.64. The van der Waals surface area contributed by atoms with Crippen molar-refractivity contribution >= 4 is 0 Å². The number of nitrogens with one attached hydrogen (secondary N) is 1. The SMILES string of the molecule is C(=CC1CCCCC1)CCNC1CC1. The lowest BCUT2D eigenvalue weighted by atomic mass is 9.89. The molecule has 0 aromatic rings. The first-order valence-corrected chi connectivity index (χ1v) is 6.35. The van der Waals surface area contributed by atoms with E-state index in [0.29, 0.717) is 0 Å². The minimum Gasteiger partial charge on any atom is -0.314 e. The van der Waals surface area contributed by atoms with E-state index in [-0.39, 0.29) is 0 Å². The van der Waals surface area contributed by atoms with E-state index in [9.17, 15) is 0 Å². The molecule has 1 nitrogen and oxygen atoms in total. The molecule has 14 heavy (non-hydrogen) atoms. The molecule has 1 heteroatoms. The molecule has 2 fully saturated rings. The summed E-state index contributed by atoms with van der Waals surface area (Å²) in [6.45, 7) is 1.19. The minimum atomic E-state index is 0.873. The fourth-order valence-electron chi connectivity index (χ4n) is 2.27. The molecule has 0 aromatic heterocycles. The minimum absolute atomic E-state index is 0.873. The van der Waals surface area contributed by atoms with E-state index >= 15 is 0 Å². The molecular weight excluding hydrogens is 170 g/mol. The molecular formula is C13H23N. The zero-order valence-electron chi connectivity index (χ0n) is 9.17. The van der Waals surface area contributed by atoms with Gasteiger partial charge in [0.15, 0.2) is 0 Å². The average Bonchev–Trinajstić information content (AvgIpc) is 3.03. The van der Waals surface area contributed by atoms with Gasteiger partial charge in [0.05, 0.1) is 0 Å². The standard InChI is InChI=1S/C13H23N/c1-2-6-12(7-3-1)8-4-5-11-14-13-9-10-13/h4,8,12-14H,1-3,5-7,9-11H2. The van der Waals surface area contributed by atoms with Crippen molar-refractivity contribution in [2.24, 2.45) is 5.92 Å². The van der Waals surface area contributed by atoms with Crippen molar-refractivity contribution in [1.82, 2.24) is 5.32 Å². The maximum Gasteiger partial charge on any atom is 0.00683 e. The van der Waals surface area contributed by atoms with Crippen molar-refractivity contribution in [3.8, 4) is 0 Å². The molecule has 2 aliphatic rings. The molecule has 0 radical (unpaired) electrons. The van der Waals surface area contributed by atoms with Gasteiger partial charge in [0, 0.05) is 6.04 Å². The molecule has 80 valence electrons. The highest BCUT2D eigenvalue weighted by Crippen LogP contribution is 2.24. The van der Waals surface area contributed by atoms with Gasteiger partial charge >= 0.3 is 0 Å². The smallest absolute Gasteiger partial charge is 0.00683 e. The van der Waals surface area contributed by atoms with Crippen molar-refractivity contribution in [3.05, 3.63) is 12.2 Å². The Morgan fingerprint density at radius 2 is 1.79 bits per heavy atom. The molecule has 2 aliphatic carbocycles. The second-order valence-corrected chi connectivity index (χ2v) is 4.84. The van der Waals surface area contributed by atoms with Crippen LogP contribution >= 0.6 is 0 Å². The lowest BCUT2D eigenvalue weighted by Gasteiger charge is -2.17. The second kappa shape index (κ2) is 5.55. The van der Waals surface area contributed by atoms with Crippen LogP contribution in [-0.4, -0.2) is 12.6 Å². The summed E-state index contributed by atoms with van der Waals surface area (Å²) in [5.41, 5.74) is 0. The summed E-state index contributed by atoms with van der Waals surface area (Å²) in [7, 11) is 0. The maximum absolute atomic E-state index is 3.54. The quantitative estimate of drug-likeness (QED) is 0.522. The Labute approximate surface area is 88.0 Å². The van der Waals surface area contributed by atoms with Gasteiger partial charge in [-0.3, -0.25) is 0 Å². The van der Waals surface area contributed by atoms with Crippen LogP contribution in [0.2, 0.25) is 0 Å². The summed E-state index contributed by atoms with van der Waals surface area (Å²) >= 11 is 0. The number of rotatable bonds is 5. The fraction of sp³-hybridized carbons (Fsp3) is 0.846. The average molecular weight is 193 g/mol. The Bertz CT molecular complexity index is 176. The highest BCUT2D eigenvalue weighted by molar-refractivity contribution is 4.91. The van der Waals surface area contributed by atoms with Crippen LogP contribution in [0.15, 0.2) is 12.2 Å². The molecule has 0 heterocycles. The summed E-state index contributed by atoms with van der Waals surface area (Å²) in [6.07, 6.45) is 16.2. The normalized spacial score (nSPS) is 24.6. The number of hydrogen-bond acceptors (Lipinski definition) is 1. The van der Waals surface area contributed by atoms with Crippen LogP contribution in [0.4, 0.5) is 0 Å². The molecule has 2 saturated carbocycles. The molecule has 0 aliphatic heterocycles. The third-order valence-corrected chi connectivity index (χ3v) is 3.38. The fourth-order valence-corrected chi connectivity index (χ4v) is 2.27. The summed E-state index contributed by atoms with van der Waals surface area (Å²) in [5.74, 6) is 0.907. The summed E-state index contributed by atoms with van der Waals surface area (Å²) in [4.78, 5) is 0. The predicted octanol–water partition coefficient (Wildman–Crippen LogP) is 3.27. The van der Waals surface area contributed by atoms with Crippen molar-refractivity contribution in [2.45, 2.75) is 57.4 Å². The van der Waals surface area contributed by atoms with E-state index in [1.807, 2.05) is 0 Å². The van der Waals surface area contributed by atoms with E-state index in [0.717, 1.165) is 12.0 Å². The Kier molecular flexibility index (Phi) is 4.05. The van der Waals surface area contributed by atoms with Crippen molar-refractivity contribution < 1.29 is 0 Å². The molecule has 0 amide bonds.